The Bertz CT molecular complexity index is 1260. The van der Waals surface area contributed by atoms with Gasteiger partial charge in [-0.15, -0.1) is 0 Å². The second kappa shape index (κ2) is 11.1. The second-order valence-electron chi connectivity index (χ2n) is 10.1. The lowest BCUT2D eigenvalue weighted by Crippen LogP contribution is -2.44. The number of nitriles is 1. The van der Waals surface area contributed by atoms with E-state index < -0.39 is 35.3 Å². The van der Waals surface area contributed by atoms with Gasteiger partial charge in [-0.05, 0) is 68.8 Å². The van der Waals surface area contributed by atoms with Crippen molar-refractivity contribution in [2.75, 3.05) is 31.2 Å². The zero-order valence-corrected chi connectivity index (χ0v) is 22.3. The van der Waals surface area contributed by atoms with Crippen molar-refractivity contribution in [2.45, 2.75) is 44.8 Å². The van der Waals surface area contributed by atoms with Crippen LogP contribution in [0.4, 0.5) is 23.2 Å². The number of anilines is 1. The lowest BCUT2D eigenvalue weighted by Gasteiger charge is -2.30. The number of hydrogen-bond acceptors (Lipinski definition) is 5. The third-order valence-electron chi connectivity index (χ3n) is 7.16. The average molecular weight is 565 g/mol. The number of hydrogen-bond donors (Lipinski definition) is 0. The van der Waals surface area contributed by atoms with Crippen LogP contribution in [0.2, 0.25) is 0 Å². The van der Waals surface area contributed by atoms with Gasteiger partial charge in [-0.25, -0.2) is 4.39 Å². The fourth-order valence-electron chi connectivity index (χ4n) is 4.97. The number of morpholine rings is 1. The van der Waals surface area contributed by atoms with E-state index in [1.165, 1.54) is 17.0 Å². The first-order valence-electron chi connectivity index (χ1n) is 12.6. The SMILES string of the molecule is CC1(C)C(=O)N(C2=CC(C(F)(F)F)C(C#N)C=C2)C(=S)N1c1ccc(CCCC(=O)N2CCOCC2)c(F)c1. The van der Waals surface area contributed by atoms with Crippen LogP contribution in [-0.4, -0.2) is 64.7 Å². The topological polar surface area (TPSA) is 76.9 Å². The molecule has 2 atom stereocenters. The molecule has 2 unspecified atom stereocenters. The Kier molecular flexibility index (Phi) is 8.14. The average Bonchev–Trinajstić information content (AvgIpc) is 3.07. The van der Waals surface area contributed by atoms with E-state index in [0.29, 0.717) is 44.7 Å². The number of halogens is 4. The minimum atomic E-state index is -4.69. The maximum absolute atomic E-state index is 15.1. The number of alkyl halides is 3. The third-order valence-corrected chi connectivity index (χ3v) is 7.53. The van der Waals surface area contributed by atoms with Crippen LogP contribution in [0.3, 0.4) is 0 Å². The molecule has 2 fully saturated rings. The summed E-state index contributed by atoms with van der Waals surface area (Å²) in [5.41, 5.74) is -0.733. The number of rotatable bonds is 6. The number of nitrogens with zero attached hydrogens (tertiary/aromatic N) is 4. The van der Waals surface area contributed by atoms with Gasteiger partial charge in [0.1, 0.15) is 11.4 Å². The summed E-state index contributed by atoms with van der Waals surface area (Å²) in [5, 5.41) is 9.04. The van der Waals surface area contributed by atoms with Gasteiger partial charge in [0.25, 0.3) is 5.91 Å². The molecule has 1 aliphatic carbocycles. The highest BCUT2D eigenvalue weighted by Crippen LogP contribution is 2.41. The predicted molar refractivity (Wildman–Crippen MR) is 139 cm³/mol. The number of ether oxygens (including phenoxy) is 1. The summed E-state index contributed by atoms with van der Waals surface area (Å²) < 4.78 is 61.1. The lowest BCUT2D eigenvalue weighted by molar-refractivity contribution is -0.166. The van der Waals surface area contributed by atoms with E-state index in [-0.39, 0.29) is 28.8 Å². The standard InChI is InChI=1S/C27H28F4N4O3S/c1-26(2)24(37)34(19-8-7-18(16-32)21(14-19)27(29,30)31)25(39)35(26)20-9-6-17(22(28)15-20)4-3-5-23(36)33-10-12-38-13-11-33/h6-9,14-15,18,21H,3-5,10-13H2,1-2H3. The van der Waals surface area contributed by atoms with Gasteiger partial charge in [0, 0.05) is 30.9 Å². The Balaban J connectivity index is 1.51. The summed E-state index contributed by atoms with van der Waals surface area (Å²) in [6.07, 6.45) is -0.406. The van der Waals surface area contributed by atoms with E-state index in [0.717, 1.165) is 17.1 Å². The first-order chi connectivity index (χ1) is 18.4. The molecular formula is C27H28F4N4O3S. The summed E-state index contributed by atoms with van der Waals surface area (Å²) >= 11 is 5.51. The number of carbonyl (C=O) groups is 2. The first kappa shape index (κ1) is 28.7. The summed E-state index contributed by atoms with van der Waals surface area (Å²) in [4.78, 5) is 29.8. The molecule has 0 saturated carbocycles. The number of allylic oxidation sites excluding steroid dienone is 3. The van der Waals surface area contributed by atoms with Gasteiger partial charge in [-0.1, -0.05) is 12.1 Å². The van der Waals surface area contributed by atoms with E-state index in [1.807, 2.05) is 0 Å². The van der Waals surface area contributed by atoms with E-state index >= 15 is 4.39 Å². The maximum atomic E-state index is 15.1. The maximum Gasteiger partial charge on any atom is 0.396 e. The molecule has 1 aromatic rings. The molecule has 2 aliphatic heterocycles. The van der Waals surface area contributed by atoms with Gasteiger partial charge in [0.05, 0.1) is 31.1 Å². The van der Waals surface area contributed by atoms with Gasteiger partial charge >= 0.3 is 6.18 Å². The van der Waals surface area contributed by atoms with E-state index in [9.17, 15) is 22.8 Å². The smallest absolute Gasteiger partial charge is 0.378 e. The fourth-order valence-corrected chi connectivity index (χ4v) is 5.49. The molecule has 2 amide bonds. The highest BCUT2D eigenvalue weighted by atomic mass is 32.1. The highest BCUT2D eigenvalue weighted by molar-refractivity contribution is 7.80. The Hall–Kier alpha value is -3.30. The van der Waals surface area contributed by atoms with Crippen LogP contribution in [0, 0.1) is 29.0 Å². The molecule has 0 spiro atoms. The van der Waals surface area contributed by atoms with Crippen molar-refractivity contribution in [3.63, 3.8) is 0 Å². The summed E-state index contributed by atoms with van der Waals surface area (Å²) in [6.45, 7) is 5.21. The van der Waals surface area contributed by atoms with E-state index in [1.54, 1.807) is 36.9 Å². The van der Waals surface area contributed by atoms with Gasteiger partial charge in [-0.2, -0.15) is 18.4 Å². The molecule has 4 rings (SSSR count). The van der Waals surface area contributed by atoms with Crippen molar-refractivity contribution >= 4 is 34.8 Å². The van der Waals surface area contributed by atoms with Crippen LogP contribution in [0.15, 0.2) is 42.1 Å². The van der Waals surface area contributed by atoms with Crippen LogP contribution < -0.4 is 4.90 Å². The number of thiocarbonyl (C=S) groups is 1. The van der Waals surface area contributed by atoms with Crippen molar-refractivity contribution < 1.29 is 31.9 Å². The van der Waals surface area contributed by atoms with Crippen LogP contribution in [0.1, 0.15) is 32.3 Å². The van der Waals surface area contributed by atoms with Gasteiger partial charge in [-0.3, -0.25) is 14.5 Å². The Labute approximate surface area is 229 Å². The van der Waals surface area contributed by atoms with Crippen molar-refractivity contribution in [3.05, 3.63) is 53.5 Å². The molecule has 12 heteroatoms. The fraction of sp³-hybridized carbons (Fsp3) is 0.481. The second-order valence-corrected chi connectivity index (χ2v) is 10.5. The zero-order chi connectivity index (χ0) is 28.5. The highest BCUT2D eigenvalue weighted by Gasteiger charge is 2.52. The number of carbonyl (C=O) groups excluding carboxylic acids is 2. The van der Waals surface area contributed by atoms with Crippen LogP contribution >= 0.6 is 12.2 Å². The van der Waals surface area contributed by atoms with Crippen LogP contribution in [-0.2, 0) is 20.7 Å². The molecule has 0 bridgehead atoms. The summed E-state index contributed by atoms with van der Waals surface area (Å²) in [6, 6.07) is 6.02. The molecule has 1 aromatic carbocycles. The molecular weight excluding hydrogens is 536 g/mol. The molecule has 0 radical (unpaired) electrons. The van der Waals surface area contributed by atoms with Gasteiger partial charge in [0.2, 0.25) is 5.91 Å². The number of amides is 2. The Morgan fingerprint density at radius 2 is 1.95 bits per heavy atom. The zero-order valence-electron chi connectivity index (χ0n) is 21.5. The largest absolute Gasteiger partial charge is 0.396 e. The third kappa shape index (κ3) is 5.70. The van der Waals surface area contributed by atoms with Crippen LogP contribution in [0.25, 0.3) is 0 Å². The van der Waals surface area contributed by atoms with Crippen molar-refractivity contribution in [1.29, 1.82) is 5.26 Å². The van der Waals surface area contributed by atoms with Crippen LogP contribution in [0.5, 0.6) is 0 Å². The monoisotopic (exact) mass is 564 g/mol. The molecule has 0 aromatic heterocycles. The predicted octanol–water partition coefficient (Wildman–Crippen LogP) is 4.49. The van der Waals surface area contributed by atoms with E-state index in [2.05, 4.69) is 0 Å². The molecule has 208 valence electrons. The molecule has 2 heterocycles. The normalized spacial score (nSPS) is 23.2. The van der Waals surface area contributed by atoms with E-state index in [4.69, 9.17) is 22.2 Å². The Morgan fingerprint density at radius 1 is 1.26 bits per heavy atom. The van der Waals surface area contributed by atoms with Gasteiger partial charge < -0.3 is 14.5 Å². The summed E-state index contributed by atoms with van der Waals surface area (Å²) in [7, 11) is 0. The Morgan fingerprint density at radius 3 is 2.56 bits per heavy atom. The van der Waals surface area contributed by atoms with Crippen molar-refractivity contribution in [3.8, 4) is 6.07 Å². The molecule has 0 N–H and O–H groups in total. The molecule has 39 heavy (non-hydrogen) atoms. The number of aryl methyl sites for hydroxylation is 1. The minimum absolute atomic E-state index is 0.00184. The summed E-state index contributed by atoms with van der Waals surface area (Å²) in [5.74, 6) is -4.64. The number of benzene rings is 1. The lowest BCUT2D eigenvalue weighted by atomic mass is 9.87. The quantitative estimate of drug-likeness (QED) is 0.375. The van der Waals surface area contributed by atoms with Crippen molar-refractivity contribution in [1.82, 2.24) is 9.80 Å². The minimum Gasteiger partial charge on any atom is -0.378 e. The first-order valence-corrected chi connectivity index (χ1v) is 13.0. The van der Waals surface area contributed by atoms with Gasteiger partial charge in [0.15, 0.2) is 5.11 Å². The molecule has 3 aliphatic rings. The van der Waals surface area contributed by atoms with Crippen molar-refractivity contribution in [2.24, 2.45) is 11.8 Å². The molecule has 7 nitrogen and oxygen atoms in total. The molecule has 2 saturated heterocycles.